The average molecular weight is 343 g/mol. The lowest BCUT2D eigenvalue weighted by Gasteiger charge is -2.34. The van der Waals surface area contributed by atoms with E-state index in [1.807, 2.05) is 19.0 Å². The van der Waals surface area contributed by atoms with Crippen molar-refractivity contribution in [2.75, 3.05) is 37.4 Å². The van der Waals surface area contributed by atoms with E-state index >= 15 is 0 Å². The molecule has 0 fully saturated rings. The highest BCUT2D eigenvalue weighted by atomic mass is 16.5. The van der Waals surface area contributed by atoms with Gasteiger partial charge in [-0.1, -0.05) is 0 Å². The van der Waals surface area contributed by atoms with E-state index < -0.39 is 6.10 Å². The van der Waals surface area contributed by atoms with E-state index in [2.05, 4.69) is 5.32 Å². The smallest absolute Gasteiger partial charge is 0.291 e. The first-order chi connectivity index (χ1) is 12.0. The van der Waals surface area contributed by atoms with E-state index in [0.717, 1.165) is 6.54 Å². The summed E-state index contributed by atoms with van der Waals surface area (Å²) in [6.45, 7) is 3.04. The van der Waals surface area contributed by atoms with Gasteiger partial charge in [0.05, 0.1) is 12.0 Å². The summed E-state index contributed by atoms with van der Waals surface area (Å²) in [5.74, 6) is 0.397. The van der Waals surface area contributed by atoms with Crippen LogP contribution >= 0.6 is 0 Å². The van der Waals surface area contributed by atoms with Crippen molar-refractivity contribution in [2.45, 2.75) is 13.0 Å². The van der Waals surface area contributed by atoms with Crippen LogP contribution in [0.2, 0.25) is 0 Å². The summed E-state index contributed by atoms with van der Waals surface area (Å²) in [7, 11) is 3.92. The Bertz CT molecular complexity index is 771. The second-order valence-corrected chi connectivity index (χ2v) is 6.17. The van der Waals surface area contributed by atoms with Gasteiger partial charge in [0.15, 0.2) is 11.9 Å². The number of likely N-dealkylation sites (N-methyl/N-ethyl adjacent to an activating group) is 1. The number of carbonyl (C=O) groups excluding carboxylic acids is 2. The molecule has 132 valence electrons. The Balaban J connectivity index is 1.82. The van der Waals surface area contributed by atoms with Crippen molar-refractivity contribution in [1.29, 1.82) is 0 Å². The summed E-state index contributed by atoms with van der Waals surface area (Å²) in [4.78, 5) is 28.2. The van der Waals surface area contributed by atoms with Crippen molar-refractivity contribution in [1.82, 2.24) is 4.90 Å². The minimum Gasteiger partial charge on any atom is -0.479 e. The summed E-state index contributed by atoms with van der Waals surface area (Å²) in [6, 6.07) is 8.50. The number of hydrogen-bond acceptors (Lipinski definition) is 5. The molecule has 7 heteroatoms. The third-order valence-electron chi connectivity index (χ3n) is 3.94. The van der Waals surface area contributed by atoms with E-state index in [1.165, 1.54) is 6.26 Å². The predicted molar refractivity (Wildman–Crippen MR) is 94.1 cm³/mol. The van der Waals surface area contributed by atoms with Crippen LogP contribution in [0, 0.1) is 0 Å². The molecule has 0 radical (unpaired) electrons. The first kappa shape index (κ1) is 17.0. The topological polar surface area (TPSA) is 75.0 Å². The van der Waals surface area contributed by atoms with Crippen LogP contribution in [-0.2, 0) is 4.79 Å². The zero-order chi connectivity index (χ0) is 18.0. The molecule has 7 nitrogen and oxygen atoms in total. The van der Waals surface area contributed by atoms with Crippen LogP contribution in [0.4, 0.5) is 11.4 Å². The zero-order valence-electron chi connectivity index (χ0n) is 14.5. The molecule has 1 aliphatic rings. The Morgan fingerprint density at radius 3 is 2.80 bits per heavy atom. The van der Waals surface area contributed by atoms with E-state index in [-0.39, 0.29) is 17.6 Å². The second-order valence-electron chi connectivity index (χ2n) is 6.17. The molecular formula is C18H21N3O4. The van der Waals surface area contributed by atoms with Gasteiger partial charge in [0.1, 0.15) is 5.75 Å². The number of rotatable bonds is 5. The maximum absolute atomic E-state index is 12.4. The van der Waals surface area contributed by atoms with Gasteiger partial charge < -0.3 is 24.3 Å². The van der Waals surface area contributed by atoms with Crippen molar-refractivity contribution in [3.63, 3.8) is 0 Å². The van der Waals surface area contributed by atoms with Crippen LogP contribution in [0.3, 0.4) is 0 Å². The van der Waals surface area contributed by atoms with Gasteiger partial charge in [-0.05, 0) is 45.3 Å². The fourth-order valence-corrected chi connectivity index (χ4v) is 2.62. The molecule has 1 aliphatic heterocycles. The molecule has 2 aromatic rings. The third kappa shape index (κ3) is 3.66. The fraction of sp³-hybridized carbons (Fsp3) is 0.333. The zero-order valence-corrected chi connectivity index (χ0v) is 14.5. The maximum atomic E-state index is 12.4. The molecule has 25 heavy (non-hydrogen) atoms. The Morgan fingerprint density at radius 1 is 1.32 bits per heavy atom. The van der Waals surface area contributed by atoms with Crippen LogP contribution in [0.1, 0.15) is 17.5 Å². The van der Waals surface area contributed by atoms with Crippen LogP contribution in [0.15, 0.2) is 41.0 Å². The lowest BCUT2D eigenvalue weighted by Crippen LogP contribution is -2.46. The Morgan fingerprint density at radius 2 is 2.12 bits per heavy atom. The molecule has 1 N–H and O–H groups in total. The largest absolute Gasteiger partial charge is 0.479 e. The predicted octanol–water partition coefficient (Wildman–Crippen LogP) is 2.21. The van der Waals surface area contributed by atoms with Gasteiger partial charge in [-0.2, -0.15) is 0 Å². The number of amides is 2. The summed E-state index contributed by atoms with van der Waals surface area (Å²) < 4.78 is 10.8. The highest BCUT2D eigenvalue weighted by Gasteiger charge is 2.31. The number of hydrogen-bond donors (Lipinski definition) is 1. The van der Waals surface area contributed by atoms with Gasteiger partial charge in [-0.15, -0.1) is 0 Å². The van der Waals surface area contributed by atoms with Crippen molar-refractivity contribution in [3.8, 4) is 5.75 Å². The first-order valence-electron chi connectivity index (χ1n) is 8.07. The SMILES string of the molecule is CC1Oc2cc(NC(=O)c3ccco3)ccc2N(CCN(C)C)C1=O. The number of carbonyl (C=O) groups is 2. The highest BCUT2D eigenvalue weighted by molar-refractivity contribution is 6.03. The van der Waals surface area contributed by atoms with E-state index in [9.17, 15) is 9.59 Å². The average Bonchev–Trinajstić information content (AvgIpc) is 3.10. The monoisotopic (exact) mass is 343 g/mol. The Hall–Kier alpha value is -2.80. The molecule has 0 aliphatic carbocycles. The third-order valence-corrected chi connectivity index (χ3v) is 3.94. The van der Waals surface area contributed by atoms with Crippen molar-refractivity contribution < 1.29 is 18.7 Å². The van der Waals surface area contributed by atoms with Crippen molar-refractivity contribution in [3.05, 3.63) is 42.4 Å². The molecule has 1 unspecified atom stereocenters. The van der Waals surface area contributed by atoms with Gasteiger partial charge >= 0.3 is 0 Å². The van der Waals surface area contributed by atoms with Crippen LogP contribution < -0.4 is 15.0 Å². The van der Waals surface area contributed by atoms with Crippen LogP contribution in [-0.4, -0.2) is 50.0 Å². The van der Waals surface area contributed by atoms with Crippen molar-refractivity contribution in [2.24, 2.45) is 0 Å². The number of ether oxygens (including phenoxy) is 1. The lowest BCUT2D eigenvalue weighted by atomic mass is 10.1. The van der Waals surface area contributed by atoms with Gasteiger partial charge in [0, 0.05) is 24.8 Å². The van der Waals surface area contributed by atoms with E-state index in [4.69, 9.17) is 9.15 Å². The number of nitrogens with one attached hydrogen (secondary N) is 1. The molecule has 1 aromatic carbocycles. The summed E-state index contributed by atoms with van der Waals surface area (Å²) >= 11 is 0. The number of nitrogens with zero attached hydrogens (tertiary/aromatic N) is 2. The quantitative estimate of drug-likeness (QED) is 0.901. The highest BCUT2D eigenvalue weighted by Crippen LogP contribution is 2.36. The molecular weight excluding hydrogens is 322 g/mol. The molecule has 2 heterocycles. The number of furan rings is 1. The molecule has 3 rings (SSSR count). The first-order valence-corrected chi connectivity index (χ1v) is 8.07. The van der Waals surface area contributed by atoms with Crippen molar-refractivity contribution >= 4 is 23.2 Å². The minimum atomic E-state index is -0.564. The van der Waals surface area contributed by atoms with Crippen LogP contribution in [0.5, 0.6) is 5.75 Å². The number of fused-ring (bicyclic) bond motifs is 1. The second kappa shape index (κ2) is 6.98. The molecule has 0 spiro atoms. The summed E-state index contributed by atoms with van der Waals surface area (Å²) in [6.07, 6.45) is 0.881. The van der Waals surface area contributed by atoms with E-state index in [1.54, 1.807) is 42.2 Å². The van der Waals surface area contributed by atoms with Gasteiger partial charge in [0.2, 0.25) is 0 Å². The molecule has 1 atom stereocenters. The standard InChI is InChI=1S/C18H21N3O4/c1-12-18(23)21(9-8-20(2)3)14-7-6-13(11-16(14)25-12)19-17(22)15-5-4-10-24-15/h4-7,10-12H,8-9H2,1-3H3,(H,19,22). The summed E-state index contributed by atoms with van der Waals surface area (Å²) in [5, 5.41) is 2.76. The Kier molecular flexibility index (Phi) is 4.76. The fourth-order valence-electron chi connectivity index (χ4n) is 2.62. The van der Waals surface area contributed by atoms with Gasteiger partial charge in [-0.25, -0.2) is 0 Å². The summed E-state index contributed by atoms with van der Waals surface area (Å²) in [5.41, 5.74) is 1.29. The maximum Gasteiger partial charge on any atom is 0.291 e. The van der Waals surface area contributed by atoms with E-state index in [0.29, 0.717) is 23.7 Å². The number of benzene rings is 1. The molecule has 2 amide bonds. The molecule has 0 saturated heterocycles. The lowest BCUT2D eigenvalue weighted by molar-refractivity contribution is -0.125. The minimum absolute atomic E-state index is 0.0679. The molecule has 0 saturated carbocycles. The molecule has 0 bridgehead atoms. The van der Waals surface area contributed by atoms with Gasteiger partial charge in [0.25, 0.3) is 11.8 Å². The normalized spacial score (nSPS) is 16.6. The Labute approximate surface area is 146 Å². The molecule has 1 aromatic heterocycles. The van der Waals surface area contributed by atoms with Gasteiger partial charge in [-0.3, -0.25) is 9.59 Å². The van der Waals surface area contributed by atoms with Crippen LogP contribution in [0.25, 0.3) is 0 Å². The number of anilines is 2.